The van der Waals surface area contributed by atoms with E-state index in [1.165, 1.54) is 4.31 Å². The number of rotatable bonds is 6. The summed E-state index contributed by atoms with van der Waals surface area (Å²) in [6.45, 7) is 5.01. The van der Waals surface area contributed by atoms with E-state index in [0.29, 0.717) is 13.1 Å². The van der Waals surface area contributed by atoms with Gasteiger partial charge in [-0.15, -0.1) is 0 Å². The van der Waals surface area contributed by atoms with E-state index in [2.05, 4.69) is 4.72 Å². The maximum absolute atomic E-state index is 12.7. The molecule has 3 rings (SSSR count). The number of nitrogens with zero attached hydrogens (tertiary/aromatic N) is 2. The van der Waals surface area contributed by atoms with Gasteiger partial charge in [0.2, 0.25) is 5.91 Å². The van der Waals surface area contributed by atoms with E-state index in [9.17, 15) is 13.2 Å². The molecule has 1 fully saturated rings. The number of nitrogens with one attached hydrogen (secondary N) is 1. The predicted molar refractivity (Wildman–Crippen MR) is 105 cm³/mol. The number of hydrogen-bond acceptors (Lipinski definition) is 3. The number of aryl methyl sites for hydroxylation is 1. The number of amides is 1. The van der Waals surface area contributed by atoms with Crippen LogP contribution in [0.2, 0.25) is 0 Å². The van der Waals surface area contributed by atoms with Crippen LogP contribution < -0.4 is 4.72 Å². The van der Waals surface area contributed by atoms with E-state index in [1.54, 1.807) is 11.8 Å². The Balaban J connectivity index is 1.64. The molecule has 1 saturated heterocycles. The third kappa shape index (κ3) is 4.74. The lowest BCUT2D eigenvalue weighted by molar-refractivity contribution is -0.138. The van der Waals surface area contributed by atoms with Crippen LogP contribution in [0, 0.1) is 6.92 Å². The quantitative estimate of drug-likeness (QED) is 0.825. The second-order valence-corrected chi connectivity index (χ2v) is 8.56. The molecule has 0 spiro atoms. The summed E-state index contributed by atoms with van der Waals surface area (Å²) in [5.41, 5.74) is 3.06. The first-order valence-electron chi connectivity index (χ1n) is 9.01. The zero-order chi connectivity index (χ0) is 19.4. The summed E-state index contributed by atoms with van der Waals surface area (Å²) >= 11 is 0. The number of hydrogen-bond donors (Lipinski definition) is 1. The molecule has 0 radical (unpaired) electrons. The molecule has 0 unspecified atom stereocenters. The molecule has 7 heteroatoms. The molecule has 1 heterocycles. The van der Waals surface area contributed by atoms with E-state index in [1.807, 2.05) is 61.5 Å². The summed E-state index contributed by atoms with van der Waals surface area (Å²) in [7, 11) is -3.73. The molecule has 0 aromatic heterocycles. The Hall–Kier alpha value is -2.22. The van der Waals surface area contributed by atoms with Crippen molar-refractivity contribution in [3.05, 3.63) is 71.3 Å². The van der Waals surface area contributed by atoms with Gasteiger partial charge in [0.1, 0.15) is 6.04 Å². The fourth-order valence-corrected chi connectivity index (χ4v) is 4.62. The summed E-state index contributed by atoms with van der Waals surface area (Å²) in [6, 6.07) is 16.6. The van der Waals surface area contributed by atoms with Gasteiger partial charge in [-0.3, -0.25) is 4.79 Å². The number of carbonyl (C=O) groups is 1. The predicted octanol–water partition coefficient (Wildman–Crippen LogP) is 2.06. The Morgan fingerprint density at radius 1 is 1.04 bits per heavy atom. The topological polar surface area (TPSA) is 69.7 Å². The number of carbonyl (C=O) groups excluding carboxylic acids is 1. The van der Waals surface area contributed by atoms with Crippen LogP contribution in [0.15, 0.2) is 54.6 Å². The largest absolute Gasteiger partial charge is 0.336 e. The lowest BCUT2D eigenvalue weighted by Gasteiger charge is -2.38. The fourth-order valence-electron chi connectivity index (χ4n) is 3.28. The zero-order valence-electron chi connectivity index (χ0n) is 15.6. The average Bonchev–Trinajstić information content (AvgIpc) is 2.65. The van der Waals surface area contributed by atoms with Gasteiger partial charge in [-0.2, -0.15) is 17.4 Å². The SMILES string of the molecule is Cc1cccc(CN2CCN(S(=O)(=O)NCc3ccccc3)[C@H](C)C2=O)c1. The molecule has 2 aromatic rings. The summed E-state index contributed by atoms with van der Waals surface area (Å²) in [5, 5.41) is 0. The van der Waals surface area contributed by atoms with E-state index >= 15 is 0 Å². The van der Waals surface area contributed by atoms with Crippen LogP contribution in [-0.4, -0.2) is 42.7 Å². The van der Waals surface area contributed by atoms with Crippen molar-refractivity contribution >= 4 is 16.1 Å². The van der Waals surface area contributed by atoms with Gasteiger partial charge in [-0.05, 0) is 25.0 Å². The van der Waals surface area contributed by atoms with E-state index < -0.39 is 16.3 Å². The smallest absolute Gasteiger partial charge is 0.280 e. The van der Waals surface area contributed by atoms with Crippen molar-refractivity contribution in [1.82, 2.24) is 13.9 Å². The van der Waals surface area contributed by atoms with Crippen molar-refractivity contribution in [2.45, 2.75) is 33.0 Å². The van der Waals surface area contributed by atoms with E-state index in [4.69, 9.17) is 0 Å². The molecule has 27 heavy (non-hydrogen) atoms. The highest BCUT2D eigenvalue weighted by atomic mass is 32.2. The van der Waals surface area contributed by atoms with Crippen LogP contribution in [0.4, 0.5) is 0 Å². The van der Waals surface area contributed by atoms with Crippen LogP contribution >= 0.6 is 0 Å². The first kappa shape index (κ1) is 19.5. The summed E-state index contributed by atoms with van der Waals surface area (Å²) < 4.78 is 29.2. The number of benzene rings is 2. The van der Waals surface area contributed by atoms with Gasteiger partial charge in [-0.1, -0.05) is 60.2 Å². The molecule has 0 bridgehead atoms. The van der Waals surface area contributed by atoms with Crippen molar-refractivity contribution in [3.63, 3.8) is 0 Å². The Morgan fingerprint density at radius 2 is 1.74 bits per heavy atom. The molecule has 144 valence electrons. The summed E-state index contributed by atoms with van der Waals surface area (Å²) in [4.78, 5) is 14.5. The molecule has 0 aliphatic carbocycles. The van der Waals surface area contributed by atoms with Crippen molar-refractivity contribution < 1.29 is 13.2 Å². The average molecular weight is 388 g/mol. The molecule has 6 nitrogen and oxygen atoms in total. The molecule has 1 aliphatic heterocycles. The van der Waals surface area contributed by atoms with Crippen LogP contribution in [0.3, 0.4) is 0 Å². The Labute approximate surface area is 161 Å². The van der Waals surface area contributed by atoms with Gasteiger partial charge >= 0.3 is 0 Å². The first-order valence-corrected chi connectivity index (χ1v) is 10.5. The van der Waals surface area contributed by atoms with Crippen molar-refractivity contribution in [2.24, 2.45) is 0 Å². The van der Waals surface area contributed by atoms with Gasteiger partial charge < -0.3 is 4.90 Å². The normalized spacial score (nSPS) is 18.7. The van der Waals surface area contributed by atoms with Gasteiger partial charge in [-0.25, -0.2) is 0 Å². The Kier molecular flexibility index (Phi) is 5.94. The van der Waals surface area contributed by atoms with Gasteiger partial charge in [0.05, 0.1) is 0 Å². The van der Waals surface area contributed by atoms with E-state index in [0.717, 1.165) is 16.7 Å². The van der Waals surface area contributed by atoms with Crippen LogP contribution in [0.1, 0.15) is 23.6 Å². The second kappa shape index (κ2) is 8.21. The van der Waals surface area contributed by atoms with Gasteiger partial charge in [0, 0.05) is 26.2 Å². The highest BCUT2D eigenvalue weighted by Gasteiger charge is 2.38. The standard InChI is InChI=1S/C20H25N3O3S/c1-16-7-6-10-19(13-16)15-22-11-12-23(17(2)20(22)24)27(25,26)21-14-18-8-4-3-5-9-18/h3-10,13,17,21H,11-12,14-15H2,1-2H3/t17-/m1/s1. The van der Waals surface area contributed by atoms with Crippen LogP contribution in [0.25, 0.3) is 0 Å². The third-order valence-electron chi connectivity index (χ3n) is 4.76. The zero-order valence-corrected chi connectivity index (χ0v) is 16.4. The second-order valence-electron chi connectivity index (χ2n) is 6.85. The molecule has 2 aromatic carbocycles. The lowest BCUT2D eigenvalue weighted by Crippen LogP contribution is -2.59. The minimum Gasteiger partial charge on any atom is -0.336 e. The fraction of sp³-hybridized carbons (Fsp3) is 0.350. The summed E-state index contributed by atoms with van der Waals surface area (Å²) in [5.74, 6) is -0.173. The monoisotopic (exact) mass is 387 g/mol. The molecule has 1 atom stereocenters. The maximum atomic E-state index is 12.7. The van der Waals surface area contributed by atoms with Crippen LogP contribution in [0.5, 0.6) is 0 Å². The van der Waals surface area contributed by atoms with Crippen molar-refractivity contribution in [3.8, 4) is 0 Å². The van der Waals surface area contributed by atoms with Gasteiger partial charge in [0.25, 0.3) is 10.2 Å². The highest BCUT2D eigenvalue weighted by molar-refractivity contribution is 7.87. The number of piperazine rings is 1. The molecular weight excluding hydrogens is 362 g/mol. The molecule has 1 aliphatic rings. The van der Waals surface area contributed by atoms with Crippen LogP contribution in [-0.2, 0) is 28.1 Å². The molecule has 1 amide bonds. The Bertz CT molecular complexity index is 900. The van der Waals surface area contributed by atoms with E-state index in [-0.39, 0.29) is 19.0 Å². The third-order valence-corrected chi connectivity index (χ3v) is 6.38. The van der Waals surface area contributed by atoms with Crippen molar-refractivity contribution in [2.75, 3.05) is 13.1 Å². The molecule has 1 N–H and O–H groups in total. The van der Waals surface area contributed by atoms with Gasteiger partial charge in [0.15, 0.2) is 0 Å². The lowest BCUT2D eigenvalue weighted by atomic mass is 10.1. The molecular formula is C20H25N3O3S. The highest BCUT2D eigenvalue weighted by Crippen LogP contribution is 2.18. The molecule has 0 saturated carbocycles. The minimum absolute atomic E-state index is 0.173. The van der Waals surface area contributed by atoms with Crippen molar-refractivity contribution in [1.29, 1.82) is 0 Å². The first-order chi connectivity index (χ1) is 12.9. The summed E-state index contributed by atoms with van der Waals surface area (Å²) in [6.07, 6.45) is 0. The maximum Gasteiger partial charge on any atom is 0.280 e. The minimum atomic E-state index is -3.73. The Morgan fingerprint density at radius 3 is 2.44 bits per heavy atom.